The fraction of sp³-hybridized carbons (Fsp3) is 0.375. The van der Waals surface area contributed by atoms with Crippen molar-refractivity contribution >= 4 is 16.0 Å². The number of methoxy groups -OCH3 is 2. The molecule has 1 N–H and O–H groups in total. The summed E-state index contributed by atoms with van der Waals surface area (Å²) in [5.74, 6) is -0.308. The molecular weight excluding hydrogens is 430 g/mol. The van der Waals surface area contributed by atoms with Gasteiger partial charge in [0.1, 0.15) is 0 Å². The van der Waals surface area contributed by atoms with Gasteiger partial charge in [0.15, 0.2) is 11.5 Å². The maximum Gasteiger partial charge on any atom is 0.333 e. The first-order valence-electron chi connectivity index (χ1n) is 10.2. The first kappa shape index (κ1) is 23.8. The Morgan fingerprint density at radius 1 is 1.00 bits per heavy atom. The van der Waals surface area contributed by atoms with Crippen LogP contribution >= 0.6 is 0 Å². The smallest absolute Gasteiger partial charge is 0.333 e. The van der Waals surface area contributed by atoms with Crippen LogP contribution in [0.3, 0.4) is 0 Å². The number of nitrogens with zero attached hydrogens (tertiary/aromatic N) is 1. The van der Waals surface area contributed by atoms with Crippen LogP contribution in [0, 0.1) is 12.3 Å². The van der Waals surface area contributed by atoms with Gasteiger partial charge in [0.2, 0.25) is 10.0 Å². The molecule has 0 radical (unpaired) electrons. The maximum atomic E-state index is 13.9. The molecule has 1 aliphatic heterocycles. The van der Waals surface area contributed by atoms with Crippen LogP contribution in [0.5, 0.6) is 11.5 Å². The van der Waals surface area contributed by atoms with E-state index < -0.39 is 33.5 Å². The third kappa shape index (κ3) is 4.25. The van der Waals surface area contributed by atoms with Gasteiger partial charge in [0.05, 0.1) is 30.7 Å². The van der Waals surface area contributed by atoms with Crippen LogP contribution < -0.4 is 9.47 Å². The largest absolute Gasteiger partial charge is 0.493 e. The lowest BCUT2D eigenvalue weighted by Gasteiger charge is -2.37. The van der Waals surface area contributed by atoms with E-state index in [0.29, 0.717) is 17.1 Å². The van der Waals surface area contributed by atoms with Crippen molar-refractivity contribution < 1.29 is 27.8 Å². The minimum Gasteiger partial charge on any atom is -0.493 e. The molecule has 1 aliphatic rings. The molecule has 1 unspecified atom stereocenters. The topological polar surface area (TPSA) is 93.1 Å². The highest BCUT2D eigenvalue weighted by Gasteiger charge is 2.49. The van der Waals surface area contributed by atoms with Crippen molar-refractivity contribution in [1.82, 2.24) is 4.31 Å². The summed E-state index contributed by atoms with van der Waals surface area (Å²) in [4.78, 5) is 12.4. The van der Waals surface area contributed by atoms with E-state index in [1.807, 2.05) is 27.7 Å². The Morgan fingerprint density at radius 3 is 2.09 bits per heavy atom. The van der Waals surface area contributed by atoms with E-state index in [0.717, 1.165) is 5.56 Å². The standard InChI is InChI=1S/C24H29NO6S/c1-15-7-10-17(11-8-15)32(28,29)25-21(24(2,3)4)14-18(23(26)27)22(25)16-9-12-19(30-5)20(13-16)31-6/h7-14,21-22H,1-6H3,(H,26,27)/t21?,22-/m0/s1. The molecule has 0 bridgehead atoms. The number of hydrogen-bond acceptors (Lipinski definition) is 5. The number of benzene rings is 2. The minimum absolute atomic E-state index is 0.00725. The number of carbonyl (C=O) groups is 1. The Bertz CT molecular complexity index is 1150. The molecule has 1 heterocycles. The van der Waals surface area contributed by atoms with Gasteiger partial charge in [-0.25, -0.2) is 13.2 Å². The zero-order valence-electron chi connectivity index (χ0n) is 19.1. The van der Waals surface area contributed by atoms with Crippen LogP contribution in [0.1, 0.15) is 37.9 Å². The molecule has 0 amide bonds. The van der Waals surface area contributed by atoms with Crippen LogP contribution in [0.25, 0.3) is 0 Å². The average molecular weight is 460 g/mol. The quantitative estimate of drug-likeness (QED) is 0.697. The van der Waals surface area contributed by atoms with Gasteiger partial charge in [-0.2, -0.15) is 4.31 Å². The summed E-state index contributed by atoms with van der Waals surface area (Å²) >= 11 is 0. The lowest BCUT2D eigenvalue weighted by molar-refractivity contribution is -0.133. The van der Waals surface area contributed by atoms with Crippen LogP contribution in [-0.4, -0.2) is 44.1 Å². The van der Waals surface area contributed by atoms with Gasteiger partial charge in [-0.3, -0.25) is 0 Å². The Morgan fingerprint density at radius 2 is 1.59 bits per heavy atom. The third-order valence-corrected chi connectivity index (χ3v) is 7.48. The van der Waals surface area contributed by atoms with E-state index in [1.165, 1.54) is 18.5 Å². The summed E-state index contributed by atoms with van der Waals surface area (Å²) in [7, 11) is -1.07. The Hall–Kier alpha value is -2.84. The van der Waals surface area contributed by atoms with Crippen LogP contribution in [0.2, 0.25) is 0 Å². The van der Waals surface area contributed by atoms with E-state index in [9.17, 15) is 18.3 Å². The van der Waals surface area contributed by atoms with Crippen molar-refractivity contribution in [2.24, 2.45) is 5.41 Å². The number of carboxylic acids is 1. The van der Waals surface area contributed by atoms with Crippen molar-refractivity contribution in [3.05, 3.63) is 65.2 Å². The predicted molar refractivity (Wildman–Crippen MR) is 121 cm³/mol. The molecule has 0 spiro atoms. The first-order valence-corrected chi connectivity index (χ1v) is 11.6. The van der Waals surface area contributed by atoms with Gasteiger partial charge >= 0.3 is 5.97 Å². The van der Waals surface area contributed by atoms with E-state index in [4.69, 9.17) is 9.47 Å². The lowest BCUT2D eigenvalue weighted by Crippen LogP contribution is -2.45. The molecule has 172 valence electrons. The molecule has 0 fully saturated rings. The molecule has 0 aliphatic carbocycles. The normalized spacial score (nSPS) is 19.5. The molecule has 2 aromatic carbocycles. The summed E-state index contributed by atoms with van der Waals surface area (Å²) in [5.41, 5.74) is 0.870. The van der Waals surface area contributed by atoms with E-state index >= 15 is 0 Å². The van der Waals surface area contributed by atoms with Gasteiger partial charge < -0.3 is 14.6 Å². The summed E-state index contributed by atoms with van der Waals surface area (Å²) in [6.45, 7) is 7.55. The van der Waals surface area contributed by atoms with E-state index in [1.54, 1.807) is 48.5 Å². The van der Waals surface area contributed by atoms with Crippen molar-refractivity contribution in [2.75, 3.05) is 14.2 Å². The molecular formula is C24H29NO6S. The SMILES string of the molecule is COc1ccc([C@H]2C(C(=O)O)=CC(C(C)(C)C)N2S(=O)(=O)c2ccc(C)cc2)cc1OC. The number of carboxylic acid groups (broad SMARTS) is 1. The molecule has 32 heavy (non-hydrogen) atoms. The molecule has 0 saturated heterocycles. The summed E-state index contributed by atoms with van der Waals surface area (Å²) in [6.07, 6.45) is 1.55. The van der Waals surface area contributed by atoms with E-state index in [2.05, 4.69) is 0 Å². The summed E-state index contributed by atoms with van der Waals surface area (Å²) in [5, 5.41) is 10.0. The monoisotopic (exact) mass is 459 g/mol. The van der Waals surface area contributed by atoms with Gasteiger partial charge in [-0.1, -0.05) is 50.6 Å². The molecule has 8 heteroatoms. The molecule has 7 nitrogen and oxygen atoms in total. The fourth-order valence-electron chi connectivity index (χ4n) is 3.92. The zero-order chi connectivity index (χ0) is 23.8. The summed E-state index contributed by atoms with van der Waals surface area (Å²) < 4.78 is 39.7. The van der Waals surface area contributed by atoms with Crippen LogP contribution in [0.4, 0.5) is 0 Å². The zero-order valence-corrected chi connectivity index (χ0v) is 19.9. The second-order valence-corrected chi connectivity index (χ2v) is 10.7. The van der Waals surface area contributed by atoms with Crippen molar-refractivity contribution in [1.29, 1.82) is 0 Å². The van der Waals surface area contributed by atoms with Gasteiger partial charge in [-0.05, 0) is 42.2 Å². The highest BCUT2D eigenvalue weighted by molar-refractivity contribution is 7.89. The minimum atomic E-state index is -4.04. The Balaban J connectivity index is 2.26. The van der Waals surface area contributed by atoms with E-state index in [-0.39, 0.29) is 10.5 Å². The Kier molecular flexibility index (Phi) is 6.40. The first-order chi connectivity index (χ1) is 14.9. The van der Waals surface area contributed by atoms with Crippen LogP contribution in [-0.2, 0) is 14.8 Å². The molecule has 2 atom stereocenters. The van der Waals surface area contributed by atoms with Crippen molar-refractivity contribution in [3.8, 4) is 11.5 Å². The number of ether oxygens (including phenoxy) is 2. The highest BCUT2D eigenvalue weighted by atomic mass is 32.2. The van der Waals surface area contributed by atoms with Crippen molar-refractivity contribution in [2.45, 2.75) is 44.7 Å². The maximum absolute atomic E-state index is 13.9. The second kappa shape index (κ2) is 8.60. The molecule has 2 aromatic rings. The fourth-order valence-corrected chi connectivity index (χ4v) is 5.83. The molecule has 3 rings (SSSR count). The molecule has 0 aromatic heterocycles. The number of aliphatic carboxylic acids is 1. The predicted octanol–water partition coefficient (Wildman–Crippen LogP) is 4.18. The van der Waals surface area contributed by atoms with Crippen LogP contribution in [0.15, 0.2) is 59.0 Å². The number of sulfonamides is 1. The number of hydrogen-bond donors (Lipinski definition) is 1. The van der Waals surface area contributed by atoms with Gasteiger partial charge in [-0.15, -0.1) is 0 Å². The second-order valence-electron chi connectivity index (χ2n) is 8.90. The highest BCUT2D eigenvalue weighted by Crippen LogP contribution is 2.47. The Labute approximate surface area is 189 Å². The lowest BCUT2D eigenvalue weighted by atomic mass is 9.87. The average Bonchev–Trinajstić information content (AvgIpc) is 3.16. The summed E-state index contributed by atoms with van der Waals surface area (Å²) in [6, 6.07) is 9.81. The van der Waals surface area contributed by atoms with Gasteiger partial charge in [0, 0.05) is 6.04 Å². The number of rotatable bonds is 6. The number of aryl methyl sites for hydroxylation is 1. The third-order valence-electron chi connectivity index (χ3n) is 5.61. The van der Waals surface area contributed by atoms with Gasteiger partial charge in [0.25, 0.3) is 0 Å². The molecule has 0 saturated carbocycles. The van der Waals surface area contributed by atoms with Crippen molar-refractivity contribution in [3.63, 3.8) is 0 Å².